The molecule has 0 saturated heterocycles. The van der Waals surface area contributed by atoms with E-state index in [9.17, 15) is 18.3 Å². The van der Waals surface area contributed by atoms with E-state index in [1.54, 1.807) is 26.1 Å². The number of aliphatic carboxylic acids is 1. The number of benzene rings is 1. The fourth-order valence-electron chi connectivity index (χ4n) is 2.90. The number of carboxylic acid groups (broad SMARTS) is 1. The number of imidazole rings is 1. The number of carbonyl (C=O) groups is 1. The average molecular weight is 335 g/mol. The molecule has 0 radical (unpaired) electrons. The van der Waals surface area contributed by atoms with Gasteiger partial charge in [-0.2, -0.15) is 4.31 Å². The van der Waals surface area contributed by atoms with Gasteiger partial charge in [0.1, 0.15) is 11.9 Å². The van der Waals surface area contributed by atoms with Gasteiger partial charge in [-0.1, -0.05) is 24.3 Å². The van der Waals surface area contributed by atoms with Crippen LogP contribution in [0.15, 0.2) is 35.5 Å². The third-order valence-electron chi connectivity index (χ3n) is 4.22. The quantitative estimate of drug-likeness (QED) is 0.907. The Morgan fingerprint density at radius 3 is 2.65 bits per heavy atom. The van der Waals surface area contributed by atoms with Crippen molar-refractivity contribution in [3.8, 4) is 0 Å². The van der Waals surface area contributed by atoms with Gasteiger partial charge in [-0.05, 0) is 24.5 Å². The molecule has 3 rings (SSSR count). The van der Waals surface area contributed by atoms with Crippen LogP contribution >= 0.6 is 0 Å². The molecule has 2 aromatic rings. The maximum absolute atomic E-state index is 12.9. The highest BCUT2D eigenvalue weighted by molar-refractivity contribution is 7.89. The summed E-state index contributed by atoms with van der Waals surface area (Å²) in [6.45, 7) is 1.82. The van der Waals surface area contributed by atoms with E-state index in [2.05, 4.69) is 4.98 Å². The van der Waals surface area contributed by atoms with Gasteiger partial charge < -0.3 is 9.67 Å². The summed E-state index contributed by atoms with van der Waals surface area (Å²) in [6.07, 6.45) is 1.75. The van der Waals surface area contributed by atoms with E-state index < -0.39 is 22.0 Å². The highest BCUT2D eigenvalue weighted by Gasteiger charge is 2.41. The van der Waals surface area contributed by atoms with Gasteiger partial charge in [0, 0.05) is 13.6 Å². The van der Waals surface area contributed by atoms with Crippen molar-refractivity contribution in [1.29, 1.82) is 0 Å². The number of aryl methyl sites for hydroxylation is 1. The van der Waals surface area contributed by atoms with E-state index in [1.807, 2.05) is 12.1 Å². The third-order valence-corrected chi connectivity index (χ3v) is 6.14. The summed E-state index contributed by atoms with van der Waals surface area (Å²) in [6, 6.07) is 5.83. The zero-order chi connectivity index (χ0) is 16.8. The second-order valence-corrected chi connectivity index (χ2v) is 7.35. The van der Waals surface area contributed by atoms with Crippen molar-refractivity contribution < 1.29 is 18.3 Å². The van der Waals surface area contributed by atoms with Crippen LogP contribution < -0.4 is 0 Å². The van der Waals surface area contributed by atoms with E-state index in [0.29, 0.717) is 17.8 Å². The molecule has 1 aromatic heterocycles. The maximum atomic E-state index is 12.9. The molecule has 8 heteroatoms. The molecule has 2 heterocycles. The minimum absolute atomic E-state index is 0.000584. The zero-order valence-corrected chi connectivity index (χ0v) is 13.6. The predicted molar refractivity (Wildman–Crippen MR) is 82.4 cm³/mol. The van der Waals surface area contributed by atoms with E-state index in [-0.39, 0.29) is 11.6 Å². The van der Waals surface area contributed by atoms with Crippen molar-refractivity contribution in [3.05, 3.63) is 47.4 Å². The van der Waals surface area contributed by atoms with Crippen molar-refractivity contribution in [2.45, 2.75) is 24.4 Å². The van der Waals surface area contributed by atoms with Crippen LogP contribution in [0.25, 0.3) is 0 Å². The van der Waals surface area contributed by atoms with E-state index >= 15 is 0 Å². The first-order chi connectivity index (χ1) is 10.8. The first kappa shape index (κ1) is 15.7. The summed E-state index contributed by atoms with van der Waals surface area (Å²) in [7, 11) is -2.36. The number of hydrogen-bond donors (Lipinski definition) is 1. The molecule has 0 bridgehead atoms. The number of fused-ring (bicyclic) bond motifs is 1. The van der Waals surface area contributed by atoms with Gasteiger partial charge in [0.25, 0.3) is 10.0 Å². The zero-order valence-electron chi connectivity index (χ0n) is 12.8. The third kappa shape index (κ3) is 2.43. The SMILES string of the molecule is Cc1ncc(S(=O)(=O)N2CCc3ccccc3C2C(=O)O)n1C. The first-order valence-electron chi connectivity index (χ1n) is 7.15. The van der Waals surface area contributed by atoms with E-state index in [4.69, 9.17) is 0 Å². The van der Waals surface area contributed by atoms with Crippen LogP contribution in [0, 0.1) is 6.92 Å². The van der Waals surface area contributed by atoms with Crippen molar-refractivity contribution in [1.82, 2.24) is 13.9 Å². The van der Waals surface area contributed by atoms with Gasteiger partial charge in [-0.25, -0.2) is 13.4 Å². The molecule has 0 spiro atoms. The molecular weight excluding hydrogens is 318 g/mol. The van der Waals surface area contributed by atoms with Gasteiger partial charge >= 0.3 is 5.97 Å². The molecule has 1 aliphatic rings. The van der Waals surface area contributed by atoms with Crippen molar-refractivity contribution in [3.63, 3.8) is 0 Å². The molecular formula is C15H17N3O4S. The number of aromatic nitrogens is 2. The topological polar surface area (TPSA) is 92.5 Å². The molecule has 1 aromatic carbocycles. The number of carboxylic acids is 1. The Labute approximate surface area is 134 Å². The largest absolute Gasteiger partial charge is 0.480 e. The van der Waals surface area contributed by atoms with Crippen molar-refractivity contribution >= 4 is 16.0 Å². The van der Waals surface area contributed by atoms with Crippen LogP contribution in [-0.4, -0.2) is 39.9 Å². The van der Waals surface area contributed by atoms with E-state index in [1.165, 1.54) is 10.8 Å². The monoisotopic (exact) mass is 335 g/mol. The van der Waals surface area contributed by atoms with Crippen LogP contribution in [0.3, 0.4) is 0 Å². The number of sulfonamides is 1. The first-order valence-corrected chi connectivity index (χ1v) is 8.59. The lowest BCUT2D eigenvalue weighted by molar-refractivity contribution is -0.142. The fourth-order valence-corrected chi connectivity index (χ4v) is 4.62. The summed E-state index contributed by atoms with van der Waals surface area (Å²) in [5.41, 5.74) is 1.39. The molecule has 1 atom stereocenters. The Hall–Kier alpha value is -2.19. The molecule has 0 saturated carbocycles. The predicted octanol–water partition coefficient (Wildman–Crippen LogP) is 1.10. The Balaban J connectivity index is 2.12. The lowest BCUT2D eigenvalue weighted by Crippen LogP contribution is -2.43. The smallest absolute Gasteiger partial charge is 0.326 e. The molecule has 1 aliphatic heterocycles. The fraction of sp³-hybridized carbons (Fsp3) is 0.333. The van der Waals surface area contributed by atoms with Crippen LogP contribution in [0.5, 0.6) is 0 Å². The summed E-state index contributed by atoms with van der Waals surface area (Å²) in [5, 5.41) is 9.61. The second kappa shape index (κ2) is 5.47. The van der Waals surface area contributed by atoms with Gasteiger partial charge in [0.05, 0.1) is 6.20 Å². The molecule has 7 nitrogen and oxygen atoms in total. The number of rotatable bonds is 3. The average Bonchev–Trinajstić information content (AvgIpc) is 2.86. The number of hydrogen-bond acceptors (Lipinski definition) is 4. The highest BCUT2D eigenvalue weighted by atomic mass is 32.2. The summed E-state index contributed by atoms with van der Waals surface area (Å²) < 4.78 is 28.4. The highest BCUT2D eigenvalue weighted by Crippen LogP contribution is 2.34. The summed E-state index contributed by atoms with van der Waals surface area (Å²) >= 11 is 0. The minimum atomic E-state index is -3.96. The molecule has 122 valence electrons. The molecule has 0 aliphatic carbocycles. The Morgan fingerprint density at radius 1 is 1.35 bits per heavy atom. The lowest BCUT2D eigenvalue weighted by atomic mass is 9.94. The van der Waals surface area contributed by atoms with Gasteiger partial charge in [0.15, 0.2) is 5.03 Å². The van der Waals surface area contributed by atoms with Crippen LogP contribution in [-0.2, 0) is 28.3 Å². The molecule has 0 amide bonds. The van der Waals surface area contributed by atoms with Gasteiger partial charge in [-0.15, -0.1) is 0 Å². The summed E-state index contributed by atoms with van der Waals surface area (Å²) in [4.78, 5) is 15.8. The molecule has 23 heavy (non-hydrogen) atoms. The molecule has 1 N–H and O–H groups in total. The molecule has 0 fully saturated rings. The summed E-state index contributed by atoms with van der Waals surface area (Å²) in [5.74, 6) is -0.632. The Bertz CT molecular complexity index is 873. The van der Waals surface area contributed by atoms with Gasteiger partial charge in [-0.3, -0.25) is 4.79 Å². The van der Waals surface area contributed by atoms with Crippen LogP contribution in [0.4, 0.5) is 0 Å². The Morgan fingerprint density at radius 2 is 2.04 bits per heavy atom. The Kier molecular flexibility index (Phi) is 3.73. The minimum Gasteiger partial charge on any atom is -0.480 e. The normalized spacial score (nSPS) is 18.6. The van der Waals surface area contributed by atoms with Crippen LogP contribution in [0.2, 0.25) is 0 Å². The molecule has 1 unspecified atom stereocenters. The lowest BCUT2D eigenvalue weighted by Gasteiger charge is -2.33. The second-order valence-electron chi connectivity index (χ2n) is 5.51. The van der Waals surface area contributed by atoms with Crippen molar-refractivity contribution in [2.24, 2.45) is 7.05 Å². The maximum Gasteiger partial charge on any atom is 0.326 e. The van der Waals surface area contributed by atoms with E-state index in [0.717, 1.165) is 9.87 Å². The van der Waals surface area contributed by atoms with Gasteiger partial charge in [0.2, 0.25) is 0 Å². The van der Waals surface area contributed by atoms with Crippen molar-refractivity contribution in [2.75, 3.05) is 6.54 Å². The number of nitrogens with zero attached hydrogens (tertiary/aromatic N) is 3. The standard InChI is InChI=1S/C15H17N3O4S/c1-10-16-9-13(17(10)2)23(21,22)18-8-7-11-5-3-4-6-12(11)14(18)15(19)20/h3-6,9,14H,7-8H2,1-2H3,(H,19,20). The van der Waals surface area contributed by atoms with Crippen LogP contribution in [0.1, 0.15) is 23.0 Å².